The van der Waals surface area contributed by atoms with E-state index in [2.05, 4.69) is 0 Å². The molecule has 2 aromatic carbocycles. The molecule has 130 valence electrons. The number of nitrogens with zero attached hydrogens (tertiary/aromatic N) is 1. The first-order valence-electron chi connectivity index (χ1n) is 7.82. The van der Waals surface area contributed by atoms with Gasteiger partial charge in [-0.05, 0) is 36.2 Å². The number of amides is 1. The Bertz CT molecular complexity index is 797. The predicted octanol–water partition coefficient (Wildman–Crippen LogP) is 5.44. The maximum Gasteiger partial charge on any atom is 0.416 e. The topological polar surface area (TPSA) is 29.5 Å². The number of anilines is 1. The number of hydrogen-bond donors (Lipinski definition) is 0. The van der Waals surface area contributed by atoms with Crippen LogP contribution in [0.3, 0.4) is 0 Å². The van der Waals surface area contributed by atoms with Crippen LogP contribution in [0.15, 0.2) is 54.6 Å². The van der Waals surface area contributed by atoms with Crippen LogP contribution in [0, 0.1) is 0 Å². The summed E-state index contributed by atoms with van der Waals surface area (Å²) < 4.78 is 43.4. The Morgan fingerprint density at radius 3 is 2.44 bits per heavy atom. The van der Waals surface area contributed by atoms with Gasteiger partial charge in [-0.1, -0.05) is 42.5 Å². The number of halogens is 3. The highest BCUT2D eigenvalue weighted by atomic mass is 19.4. The fourth-order valence-electron chi connectivity index (χ4n) is 2.81. The summed E-state index contributed by atoms with van der Waals surface area (Å²) >= 11 is 0. The van der Waals surface area contributed by atoms with Crippen LogP contribution in [-0.4, -0.2) is 12.7 Å². The lowest BCUT2D eigenvalue weighted by Crippen LogP contribution is -2.36. The van der Waals surface area contributed by atoms with E-state index in [1.54, 1.807) is 25.1 Å². The van der Waals surface area contributed by atoms with E-state index in [4.69, 9.17) is 4.74 Å². The molecule has 1 amide bonds. The van der Waals surface area contributed by atoms with E-state index < -0.39 is 23.9 Å². The summed E-state index contributed by atoms with van der Waals surface area (Å²) in [6.07, 6.45) is -1.30. The molecule has 0 aliphatic carbocycles. The molecule has 0 saturated heterocycles. The van der Waals surface area contributed by atoms with Gasteiger partial charge in [0.05, 0.1) is 23.9 Å². The highest BCUT2D eigenvalue weighted by Crippen LogP contribution is 2.38. The monoisotopic (exact) mass is 347 g/mol. The molecule has 3 rings (SSSR count). The third-order valence-electron chi connectivity index (χ3n) is 3.98. The number of carbonyl (C=O) groups is 1. The van der Waals surface area contributed by atoms with Gasteiger partial charge in [0.15, 0.2) is 0 Å². The number of benzene rings is 2. The molecule has 2 aromatic rings. The molecule has 0 N–H and O–H groups in total. The maximum atomic E-state index is 12.8. The Hall–Kier alpha value is -2.76. The van der Waals surface area contributed by atoms with Crippen LogP contribution in [-0.2, 0) is 10.9 Å². The van der Waals surface area contributed by atoms with Crippen LogP contribution in [0.2, 0.25) is 0 Å². The quantitative estimate of drug-likeness (QED) is 0.724. The highest BCUT2D eigenvalue weighted by molar-refractivity contribution is 5.93. The van der Waals surface area contributed by atoms with Crippen molar-refractivity contribution >= 4 is 17.9 Å². The third kappa shape index (κ3) is 3.38. The summed E-state index contributed by atoms with van der Waals surface area (Å²) in [5.74, 6) is 0. The Morgan fingerprint density at radius 2 is 1.80 bits per heavy atom. The number of fused-ring (bicyclic) bond motifs is 1. The lowest BCUT2D eigenvalue weighted by atomic mass is 9.97. The molecule has 0 bridgehead atoms. The number of para-hydroxylation sites is 1. The van der Waals surface area contributed by atoms with Crippen molar-refractivity contribution in [2.45, 2.75) is 19.1 Å². The standard InChI is InChI=1S/C19H16F3NO2/c1-2-25-18(24)23-16-6-4-3-5-13(16)9-12-17(23)14-7-10-15(11-8-14)19(20,21)22/h3-12,17H,2H2,1H3/t17-/m1/s1. The lowest BCUT2D eigenvalue weighted by Gasteiger charge is -2.33. The Balaban J connectivity index is 2.01. The van der Waals surface area contributed by atoms with Crippen LogP contribution >= 0.6 is 0 Å². The first-order chi connectivity index (χ1) is 11.9. The highest BCUT2D eigenvalue weighted by Gasteiger charge is 2.33. The molecule has 0 aromatic heterocycles. The first-order valence-corrected chi connectivity index (χ1v) is 7.82. The van der Waals surface area contributed by atoms with Crippen molar-refractivity contribution in [1.29, 1.82) is 0 Å². The maximum absolute atomic E-state index is 12.8. The van der Waals surface area contributed by atoms with Gasteiger partial charge in [0.2, 0.25) is 0 Å². The Kier molecular flexibility index (Phi) is 4.53. The summed E-state index contributed by atoms with van der Waals surface area (Å²) in [6.45, 7) is 1.91. The van der Waals surface area contributed by atoms with E-state index in [1.807, 2.05) is 18.2 Å². The van der Waals surface area contributed by atoms with Crippen LogP contribution in [0.5, 0.6) is 0 Å². The van der Waals surface area contributed by atoms with Gasteiger partial charge in [-0.3, -0.25) is 4.90 Å². The smallest absolute Gasteiger partial charge is 0.416 e. The zero-order chi connectivity index (χ0) is 18.0. The molecule has 0 unspecified atom stereocenters. The van der Waals surface area contributed by atoms with E-state index in [0.29, 0.717) is 11.3 Å². The second kappa shape index (κ2) is 6.63. The molecular formula is C19H16F3NO2. The molecule has 1 heterocycles. The van der Waals surface area contributed by atoms with Crippen molar-refractivity contribution in [2.24, 2.45) is 0 Å². The number of ether oxygens (including phenoxy) is 1. The Labute approximate surface area is 143 Å². The fourth-order valence-corrected chi connectivity index (χ4v) is 2.81. The minimum atomic E-state index is -4.39. The van der Waals surface area contributed by atoms with Crippen LogP contribution in [0.25, 0.3) is 6.08 Å². The summed E-state index contributed by atoms with van der Waals surface area (Å²) in [5, 5.41) is 0. The fraction of sp³-hybridized carbons (Fsp3) is 0.211. The van der Waals surface area contributed by atoms with Gasteiger partial charge in [-0.15, -0.1) is 0 Å². The molecule has 3 nitrogen and oxygen atoms in total. The van der Waals surface area contributed by atoms with Crippen molar-refractivity contribution in [3.63, 3.8) is 0 Å². The van der Waals surface area contributed by atoms with Gasteiger partial charge in [-0.2, -0.15) is 13.2 Å². The van der Waals surface area contributed by atoms with Gasteiger partial charge >= 0.3 is 12.3 Å². The molecule has 0 radical (unpaired) electrons. The first kappa shape index (κ1) is 17.1. The van der Waals surface area contributed by atoms with Crippen LogP contribution < -0.4 is 4.90 Å². The molecule has 1 aliphatic heterocycles. The summed E-state index contributed by atoms with van der Waals surface area (Å²) in [6, 6.07) is 11.6. The third-order valence-corrected chi connectivity index (χ3v) is 3.98. The van der Waals surface area contributed by atoms with E-state index in [1.165, 1.54) is 17.0 Å². The average molecular weight is 347 g/mol. The lowest BCUT2D eigenvalue weighted by molar-refractivity contribution is -0.137. The van der Waals surface area contributed by atoms with Crippen molar-refractivity contribution in [1.82, 2.24) is 0 Å². The van der Waals surface area contributed by atoms with Gasteiger partial charge in [0.25, 0.3) is 0 Å². The van der Waals surface area contributed by atoms with Gasteiger partial charge in [0.1, 0.15) is 0 Å². The molecule has 6 heteroatoms. The Morgan fingerprint density at radius 1 is 1.12 bits per heavy atom. The minimum Gasteiger partial charge on any atom is -0.449 e. The van der Waals surface area contributed by atoms with Gasteiger partial charge in [0, 0.05) is 0 Å². The summed E-state index contributed by atoms with van der Waals surface area (Å²) in [7, 11) is 0. The summed E-state index contributed by atoms with van der Waals surface area (Å²) in [5.41, 5.74) is 1.36. The van der Waals surface area contributed by atoms with E-state index >= 15 is 0 Å². The van der Waals surface area contributed by atoms with E-state index in [0.717, 1.165) is 17.7 Å². The number of alkyl halides is 3. The molecule has 1 aliphatic rings. The zero-order valence-electron chi connectivity index (χ0n) is 13.5. The molecular weight excluding hydrogens is 331 g/mol. The average Bonchev–Trinajstić information content (AvgIpc) is 2.60. The van der Waals surface area contributed by atoms with Crippen molar-refractivity contribution in [2.75, 3.05) is 11.5 Å². The largest absolute Gasteiger partial charge is 0.449 e. The van der Waals surface area contributed by atoms with Gasteiger partial charge in [-0.25, -0.2) is 4.79 Å². The number of carbonyl (C=O) groups excluding carboxylic acids is 1. The van der Waals surface area contributed by atoms with E-state index in [9.17, 15) is 18.0 Å². The van der Waals surface area contributed by atoms with E-state index in [-0.39, 0.29) is 6.61 Å². The SMILES string of the molecule is CCOC(=O)N1c2ccccc2C=C[C@@H]1c1ccc(C(F)(F)F)cc1. The predicted molar refractivity (Wildman–Crippen MR) is 89.2 cm³/mol. The van der Waals surface area contributed by atoms with Crippen molar-refractivity contribution in [3.05, 3.63) is 71.3 Å². The molecule has 0 fully saturated rings. The van der Waals surface area contributed by atoms with Crippen molar-refractivity contribution in [3.8, 4) is 0 Å². The van der Waals surface area contributed by atoms with Crippen LogP contribution in [0.4, 0.5) is 23.7 Å². The molecule has 0 saturated carbocycles. The van der Waals surface area contributed by atoms with Crippen LogP contribution in [0.1, 0.15) is 29.7 Å². The second-order valence-corrected chi connectivity index (χ2v) is 5.55. The molecule has 25 heavy (non-hydrogen) atoms. The van der Waals surface area contributed by atoms with Gasteiger partial charge < -0.3 is 4.74 Å². The molecule has 0 spiro atoms. The minimum absolute atomic E-state index is 0.209. The summed E-state index contributed by atoms with van der Waals surface area (Å²) in [4.78, 5) is 13.9. The number of hydrogen-bond acceptors (Lipinski definition) is 2. The van der Waals surface area contributed by atoms with Crippen molar-refractivity contribution < 1.29 is 22.7 Å². The second-order valence-electron chi connectivity index (χ2n) is 5.55. The zero-order valence-corrected chi connectivity index (χ0v) is 13.5. The molecule has 1 atom stereocenters. The number of rotatable bonds is 2. The normalized spacial score (nSPS) is 16.5.